The molecule has 1 atom stereocenters. The van der Waals surface area contributed by atoms with E-state index in [-0.39, 0.29) is 17.0 Å². The Balaban J connectivity index is 1.70. The minimum atomic E-state index is -0.477. The number of benzene rings is 1. The lowest BCUT2D eigenvalue weighted by Gasteiger charge is -2.39. The van der Waals surface area contributed by atoms with Gasteiger partial charge in [-0.2, -0.15) is 5.10 Å². The zero-order valence-corrected chi connectivity index (χ0v) is 19.9. The van der Waals surface area contributed by atoms with Crippen LogP contribution >= 0.6 is 0 Å². The Bertz CT molecular complexity index is 891. The Morgan fingerprint density at radius 1 is 1.19 bits per heavy atom. The van der Waals surface area contributed by atoms with Crippen LogP contribution in [0.1, 0.15) is 76.8 Å². The van der Waals surface area contributed by atoms with Crippen LogP contribution in [0.4, 0.5) is 4.79 Å². The molecular weight excluding hydrogens is 388 g/mol. The van der Waals surface area contributed by atoms with Crippen molar-refractivity contribution in [1.29, 1.82) is 0 Å². The second-order valence-corrected chi connectivity index (χ2v) is 10.7. The third kappa shape index (κ3) is 6.10. The number of rotatable bonds is 6. The first-order valence-corrected chi connectivity index (χ1v) is 11.3. The highest BCUT2D eigenvalue weighted by Crippen LogP contribution is 2.37. The molecule has 1 aliphatic rings. The van der Waals surface area contributed by atoms with Gasteiger partial charge in [0.25, 0.3) is 0 Å². The number of aromatic nitrogens is 2. The predicted octanol–water partition coefficient (Wildman–Crippen LogP) is 4.60. The molecule has 0 spiro atoms. The highest BCUT2D eigenvalue weighted by Gasteiger charge is 2.37. The molecule has 0 aliphatic heterocycles. The molecule has 0 fully saturated rings. The maximum Gasteiger partial charge on any atom is 0.407 e. The monoisotopic (exact) mass is 426 g/mol. The standard InChI is InChI=1S/C25H38N4O2/c1-23(2,3)19-9-7-10-20(15-19)25(12-11-21-18(16-25)17-28-29-21)27-14-8-13-26-22(30)31-24(4,5)6/h7,9-10,15,17,27H,8,11-14,16H2,1-6H3,(H,26,30)(H,28,29). The van der Waals surface area contributed by atoms with Gasteiger partial charge in [-0.05, 0) is 75.1 Å². The summed E-state index contributed by atoms with van der Waals surface area (Å²) in [5, 5.41) is 14.1. The van der Waals surface area contributed by atoms with Crippen molar-refractivity contribution >= 4 is 6.09 Å². The van der Waals surface area contributed by atoms with Crippen molar-refractivity contribution in [2.75, 3.05) is 13.1 Å². The summed E-state index contributed by atoms with van der Waals surface area (Å²) in [5.41, 5.74) is 4.69. The van der Waals surface area contributed by atoms with Crippen LogP contribution in [0.2, 0.25) is 0 Å². The van der Waals surface area contributed by atoms with E-state index in [0.29, 0.717) is 6.54 Å². The Kier molecular flexibility index (Phi) is 6.79. The van der Waals surface area contributed by atoms with Gasteiger partial charge in [0.2, 0.25) is 0 Å². The van der Waals surface area contributed by atoms with E-state index in [0.717, 1.165) is 32.2 Å². The summed E-state index contributed by atoms with van der Waals surface area (Å²) in [6, 6.07) is 8.99. The molecule has 1 unspecified atom stereocenters. The molecule has 0 saturated heterocycles. The van der Waals surface area contributed by atoms with E-state index in [2.05, 4.69) is 65.9 Å². The number of carbonyl (C=O) groups excluding carboxylic acids is 1. The topological polar surface area (TPSA) is 79.0 Å². The largest absolute Gasteiger partial charge is 0.444 e. The molecule has 1 heterocycles. The van der Waals surface area contributed by atoms with Gasteiger partial charge < -0.3 is 15.4 Å². The van der Waals surface area contributed by atoms with Gasteiger partial charge in [0.1, 0.15) is 5.60 Å². The Hall–Kier alpha value is -2.34. The molecule has 1 amide bonds. The molecule has 0 bridgehead atoms. The van der Waals surface area contributed by atoms with Gasteiger partial charge in [-0.15, -0.1) is 0 Å². The number of ether oxygens (including phenoxy) is 1. The van der Waals surface area contributed by atoms with Gasteiger partial charge in [-0.1, -0.05) is 45.0 Å². The van der Waals surface area contributed by atoms with Gasteiger partial charge in [-0.25, -0.2) is 4.79 Å². The normalized spacial score (nSPS) is 19.0. The molecule has 1 aromatic heterocycles. The summed E-state index contributed by atoms with van der Waals surface area (Å²) < 4.78 is 5.32. The molecular formula is C25H38N4O2. The molecule has 6 nitrogen and oxygen atoms in total. The minimum Gasteiger partial charge on any atom is -0.444 e. The summed E-state index contributed by atoms with van der Waals surface area (Å²) in [5.74, 6) is 0. The average Bonchev–Trinajstić information content (AvgIpc) is 3.13. The van der Waals surface area contributed by atoms with E-state index in [9.17, 15) is 4.79 Å². The zero-order valence-electron chi connectivity index (χ0n) is 19.9. The van der Waals surface area contributed by atoms with E-state index in [4.69, 9.17) is 4.74 Å². The number of amides is 1. The van der Waals surface area contributed by atoms with Crippen molar-refractivity contribution < 1.29 is 9.53 Å². The number of nitrogens with zero attached hydrogens (tertiary/aromatic N) is 1. The number of fused-ring (bicyclic) bond motifs is 1. The molecule has 3 rings (SSSR count). The first kappa shape index (κ1) is 23.3. The molecule has 0 saturated carbocycles. The molecule has 170 valence electrons. The fraction of sp³-hybridized carbons (Fsp3) is 0.600. The number of alkyl carbamates (subject to hydrolysis) is 1. The van der Waals surface area contributed by atoms with Crippen LogP contribution in [0, 0.1) is 0 Å². The Morgan fingerprint density at radius 2 is 1.97 bits per heavy atom. The molecule has 6 heteroatoms. The Labute approximate surface area is 186 Å². The summed E-state index contributed by atoms with van der Waals surface area (Å²) in [4.78, 5) is 11.9. The summed E-state index contributed by atoms with van der Waals surface area (Å²) >= 11 is 0. The van der Waals surface area contributed by atoms with E-state index in [1.807, 2.05) is 27.0 Å². The van der Waals surface area contributed by atoms with Crippen LogP contribution in [0.25, 0.3) is 0 Å². The number of carbonyl (C=O) groups is 1. The third-order valence-electron chi connectivity index (χ3n) is 5.87. The number of aromatic amines is 1. The van der Waals surface area contributed by atoms with E-state index >= 15 is 0 Å². The van der Waals surface area contributed by atoms with E-state index in [1.54, 1.807) is 0 Å². The van der Waals surface area contributed by atoms with Crippen molar-refractivity contribution in [2.45, 2.75) is 83.8 Å². The van der Waals surface area contributed by atoms with Crippen LogP contribution in [-0.2, 0) is 28.5 Å². The molecule has 1 aliphatic carbocycles. The van der Waals surface area contributed by atoms with Crippen LogP contribution in [-0.4, -0.2) is 35.0 Å². The molecule has 3 N–H and O–H groups in total. The van der Waals surface area contributed by atoms with E-state index in [1.165, 1.54) is 22.4 Å². The predicted molar refractivity (Wildman–Crippen MR) is 124 cm³/mol. The van der Waals surface area contributed by atoms with Crippen LogP contribution in [0.5, 0.6) is 0 Å². The quantitative estimate of drug-likeness (QED) is 0.590. The number of hydrogen-bond acceptors (Lipinski definition) is 4. The number of H-pyrrole nitrogens is 1. The number of nitrogens with one attached hydrogen (secondary N) is 3. The fourth-order valence-corrected chi connectivity index (χ4v) is 4.16. The van der Waals surface area contributed by atoms with Gasteiger partial charge in [0, 0.05) is 17.8 Å². The SMILES string of the molecule is CC(C)(C)OC(=O)NCCCNC1(c2cccc(C(C)(C)C)c2)CCc2[nH]ncc2C1. The lowest BCUT2D eigenvalue weighted by Crippen LogP contribution is -2.47. The second kappa shape index (κ2) is 9.03. The summed E-state index contributed by atoms with van der Waals surface area (Å²) in [7, 11) is 0. The zero-order chi connectivity index (χ0) is 22.7. The van der Waals surface area contributed by atoms with Crippen molar-refractivity contribution in [2.24, 2.45) is 0 Å². The van der Waals surface area contributed by atoms with Gasteiger partial charge in [0.05, 0.1) is 6.20 Å². The smallest absolute Gasteiger partial charge is 0.407 e. The third-order valence-corrected chi connectivity index (χ3v) is 5.87. The van der Waals surface area contributed by atoms with Crippen LogP contribution in [0.15, 0.2) is 30.5 Å². The maximum atomic E-state index is 11.9. The minimum absolute atomic E-state index is 0.101. The summed E-state index contributed by atoms with van der Waals surface area (Å²) in [6.07, 6.45) is 5.32. The average molecular weight is 427 g/mol. The molecule has 2 aromatic rings. The molecule has 1 aromatic carbocycles. The van der Waals surface area contributed by atoms with Gasteiger partial charge >= 0.3 is 6.09 Å². The van der Waals surface area contributed by atoms with Crippen molar-refractivity contribution in [1.82, 2.24) is 20.8 Å². The fourth-order valence-electron chi connectivity index (χ4n) is 4.16. The Morgan fingerprint density at radius 3 is 2.68 bits per heavy atom. The molecule has 31 heavy (non-hydrogen) atoms. The number of hydrogen-bond donors (Lipinski definition) is 3. The molecule has 0 radical (unpaired) electrons. The second-order valence-electron chi connectivity index (χ2n) is 10.7. The van der Waals surface area contributed by atoms with Crippen molar-refractivity contribution in [3.05, 3.63) is 52.8 Å². The van der Waals surface area contributed by atoms with Crippen LogP contribution in [0.3, 0.4) is 0 Å². The lowest BCUT2D eigenvalue weighted by molar-refractivity contribution is 0.0527. The van der Waals surface area contributed by atoms with Gasteiger partial charge in [-0.3, -0.25) is 5.10 Å². The first-order valence-electron chi connectivity index (χ1n) is 11.3. The van der Waals surface area contributed by atoms with Crippen molar-refractivity contribution in [3.63, 3.8) is 0 Å². The highest BCUT2D eigenvalue weighted by molar-refractivity contribution is 5.67. The van der Waals surface area contributed by atoms with Crippen molar-refractivity contribution in [3.8, 4) is 0 Å². The lowest BCUT2D eigenvalue weighted by atomic mass is 9.74. The maximum absolute atomic E-state index is 11.9. The summed E-state index contributed by atoms with van der Waals surface area (Å²) in [6.45, 7) is 13.8. The van der Waals surface area contributed by atoms with Crippen LogP contribution < -0.4 is 10.6 Å². The van der Waals surface area contributed by atoms with E-state index < -0.39 is 5.60 Å². The first-order chi connectivity index (χ1) is 14.5. The highest BCUT2D eigenvalue weighted by atomic mass is 16.6. The number of aryl methyl sites for hydroxylation is 1. The van der Waals surface area contributed by atoms with Gasteiger partial charge in [0.15, 0.2) is 0 Å².